The number of nitrogens with one attached hydrogen (secondary N) is 1. The Kier molecular flexibility index (Phi) is 5.62. The van der Waals surface area contributed by atoms with E-state index in [0.717, 1.165) is 16.0 Å². The number of hydrogen-bond acceptors (Lipinski definition) is 4. The Morgan fingerprint density at radius 3 is 2.64 bits per heavy atom. The number of rotatable bonds is 4. The number of carbonyl (C=O) groups excluding carboxylic acids is 1. The van der Waals surface area contributed by atoms with Crippen LogP contribution in [-0.4, -0.2) is 14.9 Å². The number of nitrogens with zero attached hydrogens (tertiary/aromatic N) is 2. The summed E-state index contributed by atoms with van der Waals surface area (Å²) in [5, 5.41) is 3.98. The topological polar surface area (TPSA) is 55.5 Å². The summed E-state index contributed by atoms with van der Waals surface area (Å²) in [6, 6.07) is 22.2. The standard InChI is InChI=1S/C25H18ClN3O2S2/c1-15-6-4-9-18(12-15)27-21(30)14-28-23-22(16-7-5-8-17(26)13-16)33-25(32)29(23)20-11-3-2-10-19(20)24(28)31/h2-13H,14H2,1H3,(H,27,30). The second-order valence-electron chi connectivity index (χ2n) is 7.69. The fourth-order valence-corrected chi connectivity index (χ4v) is 5.56. The van der Waals surface area contributed by atoms with E-state index in [2.05, 4.69) is 5.32 Å². The van der Waals surface area contributed by atoms with E-state index >= 15 is 0 Å². The van der Waals surface area contributed by atoms with Crippen LogP contribution in [0.1, 0.15) is 5.56 Å². The lowest BCUT2D eigenvalue weighted by Gasteiger charge is -2.14. The zero-order valence-electron chi connectivity index (χ0n) is 17.5. The molecule has 0 aliphatic carbocycles. The number of benzene rings is 3. The normalized spacial score (nSPS) is 11.2. The van der Waals surface area contributed by atoms with Crippen molar-refractivity contribution in [1.29, 1.82) is 0 Å². The molecule has 33 heavy (non-hydrogen) atoms. The van der Waals surface area contributed by atoms with Crippen molar-refractivity contribution in [2.75, 3.05) is 5.32 Å². The van der Waals surface area contributed by atoms with Crippen molar-refractivity contribution >= 4 is 63.3 Å². The second kappa shape index (κ2) is 8.59. The number of carbonyl (C=O) groups is 1. The summed E-state index contributed by atoms with van der Waals surface area (Å²) in [5.41, 5.74) is 3.59. The quantitative estimate of drug-likeness (QED) is 0.299. The van der Waals surface area contributed by atoms with Crippen molar-refractivity contribution in [3.8, 4) is 10.4 Å². The molecule has 164 valence electrons. The number of hydrogen-bond donors (Lipinski definition) is 1. The summed E-state index contributed by atoms with van der Waals surface area (Å²) in [7, 11) is 0. The van der Waals surface area contributed by atoms with Gasteiger partial charge in [0.15, 0.2) is 3.95 Å². The molecule has 0 saturated carbocycles. The first-order valence-corrected chi connectivity index (χ1v) is 11.8. The highest BCUT2D eigenvalue weighted by Gasteiger charge is 2.20. The molecule has 5 nitrogen and oxygen atoms in total. The molecule has 1 N–H and O–H groups in total. The highest BCUT2D eigenvalue weighted by Crippen LogP contribution is 2.34. The Morgan fingerprint density at radius 2 is 1.85 bits per heavy atom. The maximum Gasteiger partial charge on any atom is 0.262 e. The number of aromatic nitrogens is 2. The van der Waals surface area contributed by atoms with Gasteiger partial charge in [0, 0.05) is 10.7 Å². The number of anilines is 1. The minimum absolute atomic E-state index is 0.153. The van der Waals surface area contributed by atoms with Gasteiger partial charge in [-0.05, 0) is 66.7 Å². The molecular formula is C25H18ClN3O2S2. The van der Waals surface area contributed by atoms with Gasteiger partial charge in [0.2, 0.25) is 5.91 Å². The SMILES string of the molecule is Cc1cccc(NC(=O)Cn2c(=O)c3ccccc3n3c(=S)sc(-c4cccc(Cl)c4)c23)c1. The van der Waals surface area contributed by atoms with Gasteiger partial charge in [-0.3, -0.25) is 18.6 Å². The van der Waals surface area contributed by atoms with Crippen LogP contribution < -0.4 is 10.9 Å². The molecule has 0 fully saturated rings. The van der Waals surface area contributed by atoms with Crippen LogP contribution in [0, 0.1) is 10.9 Å². The van der Waals surface area contributed by atoms with Crippen molar-refractivity contribution in [3.63, 3.8) is 0 Å². The minimum atomic E-state index is -0.297. The van der Waals surface area contributed by atoms with Crippen LogP contribution in [0.4, 0.5) is 5.69 Å². The van der Waals surface area contributed by atoms with E-state index in [0.29, 0.717) is 31.2 Å². The molecule has 8 heteroatoms. The number of halogens is 1. The summed E-state index contributed by atoms with van der Waals surface area (Å²) in [6.07, 6.45) is 0. The lowest BCUT2D eigenvalue weighted by molar-refractivity contribution is -0.116. The summed E-state index contributed by atoms with van der Waals surface area (Å²) in [4.78, 5) is 27.4. The highest BCUT2D eigenvalue weighted by atomic mass is 35.5. The van der Waals surface area contributed by atoms with E-state index in [1.165, 1.54) is 15.9 Å². The molecule has 5 rings (SSSR count). The van der Waals surface area contributed by atoms with Gasteiger partial charge in [0.05, 0.1) is 15.8 Å². The molecule has 5 aromatic rings. The first-order chi connectivity index (χ1) is 15.9. The van der Waals surface area contributed by atoms with Gasteiger partial charge in [-0.25, -0.2) is 0 Å². The van der Waals surface area contributed by atoms with Gasteiger partial charge in [-0.1, -0.05) is 48.0 Å². The third-order valence-electron chi connectivity index (χ3n) is 5.35. The molecule has 2 aromatic heterocycles. The van der Waals surface area contributed by atoms with Crippen molar-refractivity contribution in [2.24, 2.45) is 0 Å². The van der Waals surface area contributed by atoms with Crippen molar-refractivity contribution < 1.29 is 4.79 Å². The minimum Gasteiger partial charge on any atom is -0.325 e. The van der Waals surface area contributed by atoms with Crippen LogP contribution in [0.3, 0.4) is 0 Å². The van der Waals surface area contributed by atoms with E-state index in [-0.39, 0.29) is 18.0 Å². The Hall–Kier alpha value is -3.26. The predicted octanol–water partition coefficient (Wildman–Crippen LogP) is 6.31. The molecule has 0 saturated heterocycles. The molecule has 0 unspecified atom stereocenters. The Balaban J connectivity index is 1.74. The highest BCUT2D eigenvalue weighted by molar-refractivity contribution is 7.73. The van der Waals surface area contributed by atoms with Gasteiger partial charge in [-0.15, -0.1) is 11.3 Å². The number of fused-ring (bicyclic) bond motifs is 3. The summed E-state index contributed by atoms with van der Waals surface area (Å²) < 4.78 is 3.95. The average molecular weight is 492 g/mol. The third-order valence-corrected chi connectivity index (χ3v) is 7.00. The van der Waals surface area contributed by atoms with E-state index in [9.17, 15) is 9.59 Å². The van der Waals surface area contributed by atoms with Crippen LogP contribution >= 0.6 is 35.2 Å². The molecule has 0 radical (unpaired) electrons. The number of amides is 1. The molecule has 2 heterocycles. The Morgan fingerprint density at radius 1 is 1.06 bits per heavy atom. The molecule has 0 aliphatic rings. The van der Waals surface area contributed by atoms with Crippen LogP contribution in [0.25, 0.3) is 27.0 Å². The third kappa shape index (κ3) is 3.99. The van der Waals surface area contributed by atoms with Gasteiger partial charge < -0.3 is 5.32 Å². The Bertz CT molecular complexity index is 1670. The molecular weight excluding hydrogens is 474 g/mol. The summed E-state index contributed by atoms with van der Waals surface area (Å²) in [6.45, 7) is 1.80. The van der Waals surface area contributed by atoms with E-state index in [1.54, 1.807) is 18.2 Å². The maximum atomic E-state index is 13.6. The van der Waals surface area contributed by atoms with E-state index < -0.39 is 0 Å². The van der Waals surface area contributed by atoms with Gasteiger partial charge >= 0.3 is 0 Å². The first kappa shape index (κ1) is 21.6. The van der Waals surface area contributed by atoms with E-state index in [4.69, 9.17) is 23.8 Å². The number of thiazole rings is 1. The number of para-hydroxylation sites is 1. The number of aryl methyl sites for hydroxylation is 1. The zero-order chi connectivity index (χ0) is 23.1. The fourth-order valence-electron chi connectivity index (χ4n) is 3.94. The van der Waals surface area contributed by atoms with Crippen LogP contribution in [-0.2, 0) is 11.3 Å². The lowest BCUT2D eigenvalue weighted by Crippen LogP contribution is -2.29. The largest absolute Gasteiger partial charge is 0.325 e. The predicted molar refractivity (Wildman–Crippen MR) is 138 cm³/mol. The molecule has 3 aromatic carbocycles. The molecule has 0 atom stereocenters. The van der Waals surface area contributed by atoms with Crippen LogP contribution in [0.2, 0.25) is 5.02 Å². The van der Waals surface area contributed by atoms with Gasteiger partial charge in [0.25, 0.3) is 5.56 Å². The zero-order valence-corrected chi connectivity index (χ0v) is 19.9. The van der Waals surface area contributed by atoms with Gasteiger partial charge in [0.1, 0.15) is 12.2 Å². The first-order valence-electron chi connectivity index (χ1n) is 10.2. The van der Waals surface area contributed by atoms with Gasteiger partial charge in [-0.2, -0.15) is 0 Å². The molecule has 0 aliphatic heterocycles. The molecule has 0 spiro atoms. The summed E-state index contributed by atoms with van der Waals surface area (Å²) >= 11 is 13.3. The van der Waals surface area contributed by atoms with Crippen LogP contribution in [0.5, 0.6) is 0 Å². The molecule has 0 bridgehead atoms. The lowest BCUT2D eigenvalue weighted by atomic mass is 10.2. The maximum absolute atomic E-state index is 13.6. The van der Waals surface area contributed by atoms with Crippen molar-refractivity contribution in [2.45, 2.75) is 13.5 Å². The average Bonchev–Trinajstić information content (AvgIpc) is 3.14. The van der Waals surface area contributed by atoms with Crippen molar-refractivity contribution in [1.82, 2.24) is 8.97 Å². The smallest absolute Gasteiger partial charge is 0.262 e. The second-order valence-corrected chi connectivity index (χ2v) is 9.77. The Labute approximate surface area is 203 Å². The monoisotopic (exact) mass is 491 g/mol. The molecule has 1 amide bonds. The van der Waals surface area contributed by atoms with E-state index in [1.807, 2.05) is 65.9 Å². The van der Waals surface area contributed by atoms with Crippen LogP contribution in [0.15, 0.2) is 77.6 Å². The fraction of sp³-hybridized carbons (Fsp3) is 0.0800. The summed E-state index contributed by atoms with van der Waals surface area (Å²) in [5.74, 6) is -0.297. The van der Waals surface area contributed by atoms with Crippen molar-refractivity contribution in [3.05, 3.63) is 97.7 Å².